The van der Waals surface area contributed by atoms with Crippen LogP contribution in [0.2, 0.25) is 5.02 Å². The molecule has 0 fully saturated rings. The molecule has 0 aliphatic carbocycles. The Labute approximate surface area is 162 Å². The van der Waals surface area contributed by atoms with Gasteiger partial charge in [0.15, 0.2) is 14.9 Å². The molecule has 1 amide bonds. The summed E-state index contributed by atoms with van der Waals surface area (Å²) in [5, 5.41) is 3.94. The maximum atomic E-state index is 12.0. The van der Waals surface area contributed by atoms with Crippen molar-refractivity contribution in [2.24, 2.45) is 0 Å². The van der Waals surface area contributed by atoms with Crippen LogP contribution in [0.25, 0.3) is 0 Å². The second-order valence-electron chi connectivity index (χ2n) is 5.51. The maximum Gasteiger partial charge on any atom is 0.269 e. The number of amides is 1. The van der Waals surface area contributed by atoms with Crippen molar-refractivity contribution in [3.05, 3.63) is 64.7 Å². The summed E-state index contributed by atoms with van der Waals surface area (Å²) in [7, 11) is -3.29. The molecule has 0 aliphatic heterocycles. The van der Waals surface area contributed by atoms with Crippen LogP contribution in [0.5, 0.6) is 0 Å². The van der Waals surface area contributed by atoms with Crippen molar-refractivity contribution in [2.45, 2.75) is 11.3 Å². The zero-order valence-corrected chi connectivity index (χ0v) is 16.3. The highest BCUT2D eigenvalue weighted by atomic mass is 35.5. The SMILES string of the molecule is CS(=O)(=O)c1ccc(C(=O)NNC(=S)NCCc2ccc(Cl)cc2)cc1. The van der Waals surface area contributed by atoms with Crippen molar-refractivity contribution in [3.8, 4) is 0 Å². The summed E-state index contributed by atoms with van der Waals surface area (Å²) in [6.45, 7) is 0.590. The number of hydrazine groups is 1. The Hall–Kier alpha value is -2.16. The molecule has 3 N–H and O–H groups in total. The molecule has 6 nitrogen and oxygen atoms in total. The van der Waals surface area contributed by atoms with Crippen molar-refractivity contribution in [2.75, 3.05) is 12.8 Å². The lowest BCUT2D eigenvalue weighted by Crippen LogP contribution is -2.47. The minimum absolute atomic E-state index is 0.154. The number of halogens is 1. The first kappa shape index (κ1) is 20.2. The molecule has 0 unspecified atom stereocenters. The molecule has 0 aromatic heterocycles. The van der Waals surface area contributed by atoms with Crippen LogP contribution in [0.1, 0.15) is 15.9 Å². The Kier molecular flexibility index (Phi) is 6.96. The number of benzene rings is 2. The van der Waals surface area contributed by atoms with Gasteiger partial charge in [-0.05, 0) is 60.6 Å². The van der Waals surface area contributed by atoms with Crippen LogP contribution >= 0.6 is 23.8 Å². The first-order valence-corrected chi connectivity index (χ1v) is 10.3. The van der Waals surface area contributed by atoms with E-state index >= 15 is 0 Å². The highest BCUT2D eigenvalue weighted by Gasteiger charge is 2.10. The fourth-order valence-electron chi connectivity index (χ4n) is 2.05. The van der Waals surface area contributed by atoms with E-state index < -0.39 is 15.7 Å². The normalized spacial score (nSPS) is 10.8. The Morgan fingerprint density at radius 1 is 1.04 bits per heavy atom. The van der Waals surface area contributed by atoms with Crippen LogP contribution in [-0.2, 0) is 16.3 Å². The van der Waals surface area contributed by atoms with Crippen LogP contribution in [0.3, 0.4) is 0 Å². The average molecular weight is 412 g/mol. The van der Waals surface area contributed by atoms with Gasteiger partial charge in [-0.1, -0.05) is 23.7 Å². The van der Waals surface area contributed by atoms with Gasteiger partial charge in [-0.2, -0.15) is 0 Å². The molecule has 2 aromatic rings. The van der Waals surface area contributed by atoms with Crippen LogP contribution in [0, 0.1) is 0 Å². The lowest BCUT2D eigenvalue weighted by atomic mass is 10.1. The Bertz CT molecular complexity index is 882. The molecular formula is C17H18ClN3O3S2. The van der Waals surface area contributed by atoms with E-state index in [1.165, 1.54) is 24.3 Å². The first-order valence-electron chi connectivity index (χ1n) is 7.64. The molecule has 0 bridgehead atoms. The van der Waals surface area contributed by atoms with Crippen molar-refractivity contribution >= 4 is 44.7 Å². The smallest absolute Gasteiger partial charge is 0.269 e. The first-order chi connectivity index (χ1) is 12.3. The zero-order chi connectivity index (χ0) is 19.2. The minimum Gasteiger partial charge on any atom is -0.361 e. The molecule has 138 valence electrons. The van der Waals surface area contributed by atoms with Gasteiger partial charge in [0.2, 0.25) is 0 Å². The van der Waals surface area contributed by atoms with Crippen molar-refractivity contribution < 1.29 is 13.2 Å². The van der Waals surface area contributed by atoms with E-state index in [0.717, 1.165) is 18.2 Å². The molecule has 9 heteroatoms. The van der Waals surface area contributed by atoms with E-state index in [1.807, 2.05) is 24.3 Å². The molecule has 0 heterocycles. The molecule has 0 atom stereocenters. The number of hydrogen-bond acceptors (Lipinski definition) is 4. The third-order valence-electron chi connectivity index (χ3n) is 3.45. The molecule has 0 saturated carbocycles. The average Bonchev–Trinajstić information content (AvgIpc) is 2.61. The number of nitrogens with one attached hydrogen (secondary N) is 3. The van der Waals surface area contributed by atoms with Crippen molar-refractivity contribution in [3.63, 3.8) is 0 Å². The number of hydrogen-bond donors (Lipinski definition) is 3. The lowest BCUT2D eigenvalue weighted by Gasteiger charge is -2.12. The van der Waals surface area contributed by atoms with Crippen molar-refractivity contribution in [1.29, 1.82) is 0 Å². The fourth-order valence-corrected chi connectivity index (χ4v) is 2.96. The fraction of sp³-hybridized carbons (Fsp3) is 0.176. The predicted octanol–water partition coefficient (Wildman–Crippen LogP) is 2.10. The molecule has 2 aromatic carbocycles. The van der Waals surface area contributed by atoms with Gasteiger partial charge in [-0.25, -0.2) is 8.42 Å². The van der Waals surface area contributed by atoms with E-state index in [4.69, 9.17) is 23.8 Å². The van der Waals surface area contributed by atoms with E-state index in [0.29, 0.717) is 17.1 Å². The lowest BCUT2D eigenvalue weighted by molar-refractivity contribution is 0.0943. The summed E-state index contributed by atoms with van der Waals surface area (Å²) in [5.74, 6) is -0.424. The van der Waals surface area contributed by atoms with Gasteiger partial charge in [0, 0.05) is 23.4 Å². The van der Waals surface area contributed by atoms with E-state index in [-0.39, 0.29) is 10.0 Å². The summed E-state index contributed by atoms with van der Waals surface area (Å²) >= 11 is 10.9. The molecular weight excluding hydrogens is 394 g/mol. The quantitative estimate of drug-likeness (QED) is 0.516. The second kappa shape index (κ2) is 8.98. The number of thiocarbonyl (C=S) groups is 1. The standard InChI is InChI=1S/C17H18ClN3O3S2/c1-26(23,24)15-8-4-13(5-9-15)16(22)20-21-17(25)19-11-10-12-2-6-14(18)7-3-12/h2-9H,10-11H2,1H3,(H,20,22)(H2,19,21,25). The third-order valence-corrected chi connectivity index (χ3v) is 5.07. The topological polar surface area (TPSA) is 87.3 Å². The summed E-state index contributed by atoms with van der Waals surface area (Å²) < 4.78 is 22.8. The Morgan fingerprint density at radius 3 is 2.23 bits per heavy atom. The van der Waals surface area contributed by atoms with Gasteiger partial charge in [0.05, 0.1) is 4.90 Å². The second-order valence-corrected chi connectivity index (χ2v) is 8.37. The highest BCUT2D eigenvalue weighted by molar-refractivity contribution is 7.90. The van der Waals surface area contributed by atoms with E-state index in [2.05, 4.69) is 16.2 Å². The van der Waals surface area contributed by atoms with Gasteiger partial charge in [-0.15, -0.1) is 0 Å². The molecule has 2 rings (SSSR count). The van der Waals surface area contributed by atoms with Crippen molar-refractivity contribution in [1.82, 2.24) is 16.2 Å². The van der Waals surface area contributed by atoms with E-state index in [1.54, 1.807) is 0 Å². The van der Waals surface area contributed by atoms with Gasteiger partial charge < -0.3 is 5.32 Å². The third kappa shape index (κ3) is 6.29. The summed E-state index contributed by atoms with van der Waals surface area (Å²) in [4.78, 5) is 12.2. The number of sulfone groups is 1. The van der Waals surface area contributed by atoms with Crippen LogP contribution in [0.15, 0.2) is 53.4 Å². The van der Waals surface area contributed by atoms with Gasteiger partial charge >= 0.3 is 0 Å². The molecule has 26 heavy (non-hydrogen) atoms. The number of carbonyl (C=O) groups is 1. The zero-order valence-electron chi connectivity index (χ0n) is 14.0. The van der Waals surface area contributed by atoms with Crippen LogP contribution < -0.4 is 16.2 Å². The Morgan fingerprint density at radius 2 is 1.65 bits per heavy atom. The summed E-state index contributed by atoms with van der Waals surface area (Å²) in [6, 6.07) is 13.1. The minimum atomic E-state index is -3.29. The highest BCUT2D eigenvalue weighted by Crippen LogP contribution is 2.10. The van der Waals surface area contributed by atoms with Gasteiger partial charge in [0.25, 0.3) is 5.91 Å². The maximum absolute atomic E-state index is 12.0. The molecule has 0 aliphatic rings. The number of rotatable bonds is 5. The largest absolute Gasteiger partial charge is 0.361 e. The molecule has 0 spiro atoms. The van der Waals surface area contributed by atoms with Gasteiger partial charge in [-0.3, -0.25) is 15.6 Å². The summed E-state index contributed by atoms with van der Waals surface area (Å²) in [6.07, 6.45) is 1.86. The van der Waals surface area contributed by atoms with Crippen LogP contribution in [-0.4, -0.2) is 32.2 Å². The van der Waals surface area contributed by atoms with Crippen LogP contribution in [0.4, 0.5) is 0 Å². The molecule has 0 radical (unpaired) electrons. The van der Waals surface area contributed by atoms with Gasteiger partial charge in [0.1, 0.15) is 0 Å². The predicted molar refractivity (Wildman–Crippen MR) is 106 cm³/mol. The molecule has 0 saturated heterocycles. The summed E-state index contributed by atoms with van der Waals surface area (Å²) in [5.41, 5.74) is 6.48. The van der Waals surface area contributed by atoms with E-state index in [9.17, 15) is 13.2 Å². The Balaban J connectivity index is 1.76. The monoisotopic (exact) mass is 411 g/mol. The number of carbonyl (C=O) groups excluding carboxylic acids is 1.